The van der Waals surface area contributed by atoms with Crippen LogP contribution in [0.3, 0.4) is 0 Å². The Labute approximate surface area is 209 Å². The number of nitrogens with zero attached hydrogens (tertiary/aromatic N) is 3. The number of nitrogens with one attached hydrogen (secondary N) is 1. The van der Waals surface area contributed by atoms with Crippen molar-refractivity contribution < 1.29 is 23.5 Å². The van der Waals surface area contributed by atoms with Crippen LogP contribution >= 0.6 is 11.8 Å². The Morgan fingerprint density at radius 2 is 2.06 bits per heavy atom. The minimum Gasteiger partial charge on any atom is -0.466 e. The van der Waals surface area contributed by atoms with Gasteiger partial charge in [0.2, 0.25) is 5.91 Å². The van der Waals surface area contributed by atoms with Gasteiger partial charge in [-0.3, -0.25) is 9.69 Å². The van der Waals surface area contributed by atoms with Gasteiger partial charge >= 0.3 is 5.97 Å². The number of benzene rings is 1. The number of amidine groups is 1. The maximum atomic E-state index is 15.0. The fourth-order valence-corrected chi connectivity index (χ4v) is 5.42. The molecule has 0 radical (unpaired) electrons. The van der Waals surface area contributed by atoms with Crippen LogP contribution in [0.5, 0.6) is 0 Å². The first-order chi connectivity index (χ1) is 17.0. The number of aliphatic imine (C=N–C) groups is 1. The number of methoxy groups -OCH3 is 1. The summed E-state index contributed by atoms with van der Waals surface area (Å²) in [6.45, 7) is 6.72. The van der Waals surface area contributed by atoms with E-state index in [-0.39, 0.29) is 12.3 Å². The lowest BCUT2D eigenvalue weighted by Gasteiger charge is -2.36. The van der Waals surface area contributed by atoms with Gasteiger partial charge < -0.3 is 19.7 Å². The summed E-state index contributed by atoms with van der Waals surface area (Å²) in [4.78, 5) is 34.4. The number of esters is 1. The highest BCUT2D eigenvalue weighted by atomic mass is 32.2. The van der Waals surface area contributed by atoms with Crippen molar-refractivity contribution in [1.82, 2.24) is 15.1 Å². The Hall–Kier alpha value is -2.69. The average molecular weight is 503 g/mol. The number of fused-ring (bicyclic) bond motifs is 1. The lowest BCUT2D eigenvalue weighted by atomic mass is 9.92. The molecule has 8 nitrogen and oxygen atoms in total. The third-order valence-corrected chi connectivity index (χ3v) is 7.14. The molecule has 0 bridgehead atoms. The maximum Gasteiger partial charge on any atom is 0.338 e. The third-order valence-electron chi connectivity index (χ3n) is 6.25. The molecule has 35 heavy (non-hydrogen) atoms. The van der Waals surface area contributed by atoms with Gasteiger partial charge in [0.05, 0.1) is 44.1 Å². The number of ether oxygens (including phenoxy) is 2. The number of morpholine rings is 1. The van der Waals surface area contributed by atoms with Crippen molar-refractivity contribution in [2.75, 3.05) is 46.5 Å². The number of allylic oxidation sites excluding steroid dienone is 1. The summed E-state index contributed by atoms with van der Waals surface area (Å²) in [7, 11) is 1.31. The first kappa shape index (κ1) is 25.4. The molecule has 1 N–H and O–H groups in total. The molecule has 1 aromatic carbocycles. The van der Waals surface area contributed by atoms with E-state index >= 15 is 0 Å². The highest BCUT2D eigenvalue weighted by Gasteiger charge is 2.42. The van der Waals surface area contributed by atoms with Crippen LogP contribution in [0.2, 0.25) is 0 Å². The van der Waals surface area contributed by atoms with Gasteiger partial charge in [-0.25, -0.2) is 14.2 Å². The van der Waals surface area contributed by atoms with Crippen molar-refractivity contribution >= 4 is 28.8 Å². The van der Waals surface area contributed by atoms with Crippen LogP contribution in [0.25, 0.3) is 0 Å². The van der Waals surface area contributed by atoms with Gasteiger partial charge in [0, 0.05) is 30.9 Å². The molecule has 1 atom stereocenters. The molecule has 0 aromatic heterocycles. The molecule has 0 saturated carbocycles. The van der Waals surface area contributed by atoms with E-state index in [2.05, 4.69) is 15.2 Å². The summed E-state index contributed by atoms with van der Waals surface area (Å²) < 4.78 is 25.4. The van der Waals surface area contributed by atoms with Crippen molar-refractivity contribution in [2.45, 2.75) is 32.2 Å². The SMILES string of the molecule is CCC1=C(C(=O)OC)[C@H](c2ccccc2F)N2C(CC(=O)NCCCN3CCOCC3)=CSC2=N1. The van der Waals surface area contributed by atoms with Gasteiger partial charge in [-0.15, -0.1) is 0 Å². The molecule has 1 fully saturated rings. The molecule has 0 unspecified atom stereocenters. The van der Waals surface area contributed by atoms with Crippen molar-refractivity contribution in [1.29, 1.82) is 0 Å². The van der Waals surface area contributed by atoms with E-state index in [1.807, 2.05) is 12.3 Å². The van der Waals surface area contributed by atoms with Gasteiger partial charge in [-0.2, -0.15) is 0 Å². The molecule has 1 saturated heterocycles. The summed E-state index contributed by atoms with van der Waals surface area (Å²) in [6, 6.07) is 5.61. The molecule has 3 aliphatic heterocycles. The second-order valence-corrected chi connectivity index (χ2v) is 9.29. The molecule has 0 aliphatic carbocycles. The van der Waals surface area contributed by atoms with Crippen LogP contribution < -0.4 is 5.32 Å². The minimum atomic E-state index is -0.763. The Bertz CT molecular complexity index is 1050. The van der Waals surface area contributed by atoms with E-state index in [0.29, 0.717) is 40.7 Å². The van der Waals surface area contributed by atoms with E-state index in [4.69, 9.17) is 9.47 Å². The predicted molar refractivity (Wildman–Crippen MR) is 133 cm³/mol. The summed E-state index contributed by atoms with van der Waals surface area (Å²) in [5, 5.41) is 5.46. The number of carbonyl (C=O) groups excluding carboxylic acids is 2. The van der Waals surface area contributed by atoms with Crippen molar-refractivity contribution in [3.8, 4) is 0 Å². The van der Waals surface area contributed by atoms with E-state index in [1.54, 1.807) is 23.1 Å². The monoisotopic (exact) mass is 502 g/mol. The Morgan fingerprint density at radius 3 is 2.77 bits per heavy atom. The molecule has 3 aliphatic rings. The van der Waals surface area contributed by atoms with Crippen LogP contribution in [0, 0.1) is 5.82 Å². The second-order valence-electron chi connectivity index (χ2n) is 8.46. The molecular formula is C25H31FN4O4S. The van der Waals surface area contributed by atoms with Crippen molar-refractivity contribution in [3.05, 3.63) is 58.0 Å². The van der Waals surface area contributed by atoms with Crippen LogP contribution in [-0.4, -0.2) is 73.3 Å². The molecule has 0 spiro atoms. The summed E-state index contributed by atoms with van der Waals surface area (Å²) in [5.41, 5.74) is 1.86. The Morgan fingerprint density at radius 1 is 1.29 bits per heavy atom. The van der Waals surface area contributed by atoms with Gasteiger partial charge in [0.15, 0.2) is 5.17 Å². The highest BCUT2D eigenvalue weighted by molar-refractivity contribution is 8.16. The number of halogens is 1. The first-order valence-electron chi connectivity index (χ1n) is 11.9. The van der Waals surface area contributed by atoms with Gasteiger partial charge in [0.25, 0.3) is 0 Å². The topological polar surface area (TPSA) is 83.5 Å². The lowest BCUT2D eigenvalue weighted by molar-refractivity contribution is -0.136. The number of hydrogen-bond donors (Lipinski definition) is 1. The predicted octanol–water partition coefficient (Wildman–Crippen LogP) is 3.19. The normalized spacial score (nSPS) is 20.3. The molecule has 4 rings (SSSR count). The third kappa shape index (κ3) is 5.76. The van der Waals surface area contributed by atoms with Crippen molar-refractivity contribution in [2.24, 2.45) is 4.99 Å². The number of hydrogen-bond acceptors (Lipinski definition) is 8. The van der Waals surface area contributed by atoms with Gasteiger partial charge in [0.1, 0.15) is 5.82 Å². The molecule has 1 amide bonds. The number of amides is 1. The zero-order valence-corrected chi connectivity index (χ0v) is 20.9. The fourth-order valence-electron chi connectivity index (χ4n) is 4.49. The van der Waals surface area contributed by atoms with Crippen molar-refractivity contribution in [3.63, 3.8) is 0 Å². The zero-order chi connectivity index (χ0) is 24.8. The quantitative estimate of drug-likeness (QED) is 0.410. The van der Waals surface area contributed by atoms with Crippen LogP contribution in [0.15, 0.2) is 51.6 Å². The fraction of sp³-hybridized carbons (Fsp3) is 0.480. The number of rotatable bonds is 9. The van der Waals surface area contributed by atoms with E-state index in [0.717, 1.165) is 39.3 Å². The Balaban J connectivity index is 1.49. The molecule has 3 heterocycles. The first-order valence-corrected chi connectivity index (χ1v) is 12.8. The highest BCUT2D eigenvalue weighted by Crippen LogP contribution is 2.45. The number of carbonyl (C=O) groups is 2. The smallest absolute Gasteiger partial charge is 0.338 e. The zero-order valence-electron chi connectivity index (χ0n) is 20.1. The standard InChI is InChI=1S/C25H31FN4O4S/c1-3-20-22(24(32)33-2)23(18-7-4-5-8-19(18)26)30-17(16-35-25(30)28-20)15-21(31)27-9-6-10-29-11-13-34-14-12-29/h4-5,7-8,16,23H,3,6,9-15H2,1-2H3,(H,27,31)/t23-/m0/s1. The Kier molecular flexibility index (Phi) is 8.59. The van der Waals surface area contributed by atoms with Crippen LogP contribution in [-0.2, 0) is 19.1 Å². The van der Waals surface area contributed by atoms with Gasteiger partial charge in [-0.05, 0) is 30.9 Å². The molecule has 1 aromatic rings. The van der Waals surface area contributed by atoms with Gasteiger partial charge in [-0.1, -0.05) is 36.9 Å². The summed E-state index contributed by atoms with van der Waals surface area (Å²) in [5.74, 6) is -1.11. The summed E-state index contributed by atoms with van der Waals surface area (Å²) in [6.07, 6.45) is 1.44. The molecule has 188 valence electrons. The van der Waals surface area contributed by atoms with Crippen LogP contribution in [0.1, 0.15) is 37.8 Å². The number of thioether (sulfide) groups is 1. The second kappa shape index (κ2) is 11.8. The van der Waals surface area contributed by atoms with E-state index in [1.165, 1.54) is 24.9 Å². The summed E-state index contributed by atoms with van der Waals surface area (Å²) >= 11 is 1.37. The minimum absolute atomic E-state index is 0.102. The van der Waals surface area contributed by atoms with E-state index < -0.39 is 17.8 Å². The molecule has 10 heteroatoms. The maximum absolute atomic E-state index is 15.0. The largest absolute Gasteiger partial charge is 0.466 e. The molecular weight excluding hydrogens is 471 g/mol. The average Bonchev–Trinajstić information content (AvgIpc) is 3.28. The lowest BCUT2D eigenvalue weighted by Crippen LogP contribution is -2.39. The van der Waals surface area contributed by atoms with E-state index in [9.17, 15) is 14.0 Å². The van der Waals surface area contributed by atoms with Crippen LogP contribution in [0.4, 0.5) is 4.39 Å².